The van der Waals surface area contributed by atoms with Crippen molar-refractivity contribution in [2.45, 2.75) is 0 Å². The van der Waals surface area contributed by atoms with Gasteiger partial charge in [0.15, 0.2) is 0 Å². The second-order valence-electron chi connectivity index (χ2n) is 4.31. The summed E-state index contributed by atoms with van der Waals surface area (Å²) in [5.41, 5.74) is 0. The fraction of sp³-hybridized carbons (Fsp3) is 1.00. The molecule has 0 unspecified atom stereocenters. The van der Waals surface area contributed by atoms with E-state index in [1.54, 1.807) is 0 Å². The van der Waals surface area contributed by atoms with Crippen LogP contribution in [0.5, 0.6) is 0 Å². The van der Waals surface area contributed by atoms with Gasteiger partial charge in [0.05, 0.1) is 0 Å². The van der Waals surface area contributed by atoms with Crippen LogP contribution >= 0.6 is 32.5 Å². The van der Waals surface area contributed by atoms with E-state index in [0.717, 1.165) is 0 Å². The van der Waals surface area contributed by atoms with Gasteiger partial charge in [-0.2, -0.15) is 0 Å². The van der Waals surface area contributed by atoms with Crippen molar-refractivity contribution in [2.75, 3.05) is 40.0 Å². The first-order chi connectivity index (χ1) is 4.50. The van der Waals surface area contributed by atoms with Gasteiger partial charge in [0, 0.05) is 16.5 Å². The summed E-state index contributed by atoms with van der Waals surface area (Å²) in [5, 5.41) is 0. The summed E-state index contributed by atoms with van der Waals surface area (Å²) in [4.78, 5) is 0. The number of hydrogen-bond donors (Lipinski definition) is 0. The molecule has 0 aliphatic heterocycles. The van der Waals surface area contributed by atoms with Gasteiger partial charge in [-0.15, -0.1) is 0 Å². The van der Waals surface area contributed by atoms with Crippen molar-refractivity contribution in [3.05, 3.63) is 0 Å². The molecule has 0 saturated carbocycles. The average molecular weight is 342 g/mol. The molecule has 0 aromatic heterocycles. The molecule has 0 bridgehead atoms. The SMILES string of the molecule is C[PH](C)(C)[Ni]([Cl])([Cl])[PH](C)(C)C.[Ni]. The minimum atomic E-state index is -1.40. The summed E-state index contributed by atoms with van der Waals surface area (Å²) in [7, 11) is 11.5. The van der Waals surface area contributed by atoms with E-state index in [1.165, 1.54) is 0 Å². The van der Waals surface area contributed by atoms with Gasteiger partial charge >= 0.3 is 82.2 Å². The third kappa shape index (κ3) is 3.89. The van der Waals surface area contributed by atoms with Crippen LogP contribution in [0.25, 0.3) is 0 Å². The van der Waals surface area contributed by atoms with E-state index in [2.05, 4.69) is 40.0 Å². The maximum absolute atomic E-state index is 6.47. The molecule has 0 radical (unpaired) electrons. The van der Waals surface area contributed by atoms with E-state index in [1.807, 2.05) is 0 Å². The van der Waals surface area contributed by atoms with E-state index < -0.39 is 21.8 Å². The number of halogens is 2. The predicted octanol–water partition coefficient (Wildman–Crippen LogP) is 3.55. The summed E-state index contributed by atoms with van der Waals surface area (Å²) in [6.07, 6.45) is 0. The molecule has 0 aromatic carbocycles. The molecular weight excluding hydrogens is 322 g/mol. The Balaban J connectivity index is 0. The van der Waals surface area contributed by atoms with Gasteiger partial charge in [0.1, 0.15) is 0 Å². The second kappa shape index (κ2) is 4.97. The summed E-state index contributed by atoms with van der Waals surface area (Å²) in [5.74, 6) is 0. The van der Waals surface area contributed by atoms with Crippen LogP contribution in [0.3, 0.4) is 0 Å². The third-order valence-corrected chi connectivity index (χ3v) is 44.2. The molecule has 0 saturated heterocycles. The molecule has 0 nitrogen and oxygen atoms in total. The standard InChI is InChI=1S/2C3H9P.2ClH.2Ni/c2*1-4(2)3;;;;/h2*1-3H3;2*1H;;. The molecule has 0 aromatic rings. The van der Waals surface area contributed by atoms with Crippen molar-refractivity contribution in [3.8, 4) is 0 Å². The van der Waals surface area contributed by atoms with Gasteiger partial charge in [-0.1, -0.05) is 0 Å². The molecule has 0 N–H and O–H groups in total. The monoisotopic (exact) mass is 340 g/mol. The van der Waals surface area contributed by atoms with Gasteiger partial charge < -0.3 is 0 Å². The first-order valence-corrected chi connectivity index (χ1v) is 15.9. The summed E-state index contributed by atoms with van der Waals surface area (Å²) in [6, 6.07) is -2.67. The minimum Gasteiger partial charge on any atom is 0 e. The Kier molecular flexibility index (Phi) is 6.97. The van der Waals surface area contributed by atoms with Crippen molar-refractivity contribution < 1.29 is 26.2 Å². The molecule has 0 rings (SSSR count). The zero-order valence-electron chi connectivity index (χ0n) is 8.39. The predicted molar refractivity (Wildman–Crippen MR) is 63.9 cm³/mol. The Morgan fingerprint density at radius 3 is 0.917 bits per heavy atom. The fourth-order valence-corrected chi connectivity index (χ4v) is 26.4. The zero-order chi connectivity index (χ0) is 9.50. The Bertz CT molecular complexity index is 133. The van der Waals surface area contributed by atoms with Crippen molar-refractivity contribution in [3.63, 3.8) is 0 Å². The minimum absolute atomic E-state index is 0. The summed E-state index contributed by atoms with van der Waals surface area (Å²) < 4.78 is 0. The normalized spacial score (nSPS) is 18.0. The molecule has 0 heterocycles. The van der Waals surface area contributed by atoms with E-state index in [-0.39, 0.29) is 16.5 Å². The molecule has 0 fully saturated rings. The Morgan fingerprint density at radius 1 is 0.750 bits per heavy atom. The molecule has 0 atom stereocenters. The second-order valence-corrected chi connectivity index (χ2v) is 34.2. The van der Waals surface area contributed by atoms with Crippen LogP contribution in [-0.2, 0) is 26.2 Å². The van der Waals surface area contributed by atoms with Crippen molar-refractivity contribution >= 4 is 32.5 Å². The van der Waals surface area contributed by atoms with E-state index in [0.29, 0.717) is 0 Å². The molecule has 0 aliphatic carbocycles. The zero-order valence-corrected chi connectivity index (χ0v) is 13.9. The van der Waals surface area contributed by atoms with Crippen LogP contribution in [0.15, 0.2) is 0 Å². The van der Waals surface area contributed by atoms with Crippen LogP contribution < -0.4 is 0 Å². The molecule has 0 spiro atoms. The van der Waals surface area contributed by atoms with E-state index in [9.17, 15) is 0 Å². The van der Waals surface area contributed by atoms with Gasteiger partial charge in [-0.05, 0) is 0 Å². The van der Waals surface area contributed by atoms with Crippen molar-refractivity contribution in [2.24, 2.45) is 0 Å². The van der Waals surface area contributed by atoms with Crippen molar-refractivity contribution in [1.82, 2.24) is 0 Å². The first kappa shape index (κ1) is 16.8. The van der Waals surface area contributed by atoms with Gasteiger partial charge in [0.25, 0.3) is 0 Å². The van der Waals surface area contributed by atoms with Crippen LogP contribution in [0, 0.1) is 0 Å². The van der Waals surface area contributed by atoms with Gasteiger partial charge in [-0.25, -0.2) is 0 Å². The Morgan fingerprint density at radius 2 is 0.917 bits per heavy atom. The third-order valence-electron chi connectivity index (χ3n) is 1.19. The number of hydrogen-bond acceptors (Lipinski definition) is 0. The topological polar surface area (TPSA) is 0 Å². The maximum Gasteiger partial charge on any atom is 0 e. The smallest absolute Gasteiger partial charge is 0 e. The van der Waals surface area contributed by atoms with Crippen molar-refractivity contribution in [1.29, 1.82) is 0 Å². The Labute approximate surface area is 98.0 Å². The van der Waals surface area contributed by atoms with Gasteiger partial charge in [-0.3, -0.25) is 0 Å². The van der Waals surface area contributed by atoms with E-state index in [4.69, 9.17) is 20.4 Å². The molecule has 12 heavy (non-hydrogen) atoms. The first-order valence-electron chi connectivity index (χ1n) is 3.56. The Hall–Kier alpha value is 2.43. The largest absolute Gasteiger partial charge is 0 e. The molecule has 0 aliphatic rings. The average Bonchev–Trinajstić information content (AvgIpc) is 1.58. The van der Waals surface area contributed by atoms with Gasteiger partial charge in [0.2, 0.25) is 0 Å². The quantitative estimate of drug-likeness (QED) is 0.532. The van der Waals surface area contributed by atoms with Crippen LogP contribution in [0.2, 0.25) is 0 Å². The van der Waals surface area contributed by atoms with Crippen LogP contribution in [0.4, 0.5) is 0 Å². The molecule has 88 valence electrons. The summed E-state index contributed by atoms with van der Waals surface area (Å²) >= 11 is 0. The number of rotatable bonds is 2. The molecule has 6 heteroatoms. The van der Waals surface area contributed by atoms with E-state index >= 15 is 0 Å². The summed E-state index contributed by atoms with van der Waals surface area (Å²) in [6.45, 7) is 13.6. The molecular formula is C6H20Cl2Ni2P2. The van der Waals surface area contributed by atoms with Crippen LogP contribution in [0.1, 0.15) is 0 Å². The fourth-order valence-electron chi connectivity index (χ4n) is 0.712. The maximum atomic E-state index is 6.47. The molecule has 0 amide bonds. The van der Waals surface area contributed by atoms with Crippen LogP contribution in [-0.4, -0.2) is 40.0 Å².